The van der Waals surface area contributed by atoms with Gasteiger partial charge in [-0.1, -0.05) is 0 Å². The monoisotopic (exact) mass is 355 g/mol. The van der Waals surface area contributed by atoms with Crippen LogP contribution in [0.3, 0.4) is 0 Å². The maximum atomic E-state index is 11.9. The molecule has 0 saturated carbocycles. The minimum absolute atomic E-state index is 0.291. The molecule has 4 N–H and O–H groups in total. The highest BCUT2D eigenvalue weighted by atomic mass is 79.9. The minimum Gasteiger partial charge on any atom is -0.481 e. The number of halogens is 1. The zero-order valence-electron chi connectivity index (χ0n) is 11.0. The van der Waals surface area contributed by atoms with Crippen molar-refractivity contribution in [1.82, 2.24) is 5.32 Å². The zero-order chi connectivity index (χ0) is 15.6. The molecule has 0 aromatic heterocycles. The van der Waals surface area contributed by atoms with E-state index in [0.29, 0.717) is 28.8 Å². The van der Waals surface area contributed by atoms with Crippen molar-refractivity contribution in [3.8, 4) is 0 Å². The quantitative estimate of drug-likeness (QED) is 0.720. The Morgan fingerprint density at radius 3 is 2.76 bits per heavy atom. The van der Waals surface area contributed by atoms with Crippen molar-refractivity contribution >= 4 is 39.4 Å². The Morgan fingerprint density at radius 2 is 2.19 bits per heavy atom. The summed E-state index contributed by atoms with van der Waals surface area (Å²) in [4.78, 5) is 35.7. The summed E-state index contributed by atoms with van der Waals surface area (Å²) < 4.78 is 0.507. The van der Waals surface area contributed by atoms with Gasteiger partial charge < -0.3 is 21.1 Å². The number of nitrogens with two attached hydrogens (primary N) is 1. The lowest BCUT2D eigenvalue weighted by atomic mass is 10.1. The summed E-state index contributed by atoms with van der Waals surface area (Å²) in [6.45, 7) is 0.927. The number of carboxylic acid groups (broad SMARTS) is 1. The van der Waals surface area contributed by atoms with Crippen LogP contribution in [0.2, 0.25) is 0 Å². The van der Waals surface area contributed by atoms with Crippen LogP contribution in [0.25, 0.3) is 0 Å². The second-order valence-electron chi connectivity index (χ2n) is 4.63. The Balaban J connectivity index is 2.33. The summed E-state index contributed by atoms with van der Waals surface area (Å²) in [6, 6.07) is 4.08. The number of carboxylic acids is 1. The summed E-state index contributed by atoms with van der Waals surface area (Å²) in [5.74, 6) is -1.93. The summed E-state index contributed by atoms with van der Waals surface area (Å²) in [5.41, 5.74) is 6.22. The Morgan fingerprint density at radius 1 is 1.48 bits per heavy atom. The molecule has 0 spiro atoms. The van der Waals surface area contributed by atoms with Gasteiger partial charge in [0.2, 0.25) is 11.8 Å². The molecule has 1 aromatic rings. The van der Waals surface area contributed by atoms with Crippen molar-refractivity contribution in [2.45, 2.75) is 12.5 Å². The van der Waals surface area contributed by atoms with Crippen LogP contribution in [0.4, 0.5) is 5.69 Å². The van der Waals surface area contributed by atoms with Gasteiger partial charge in [0, 0.05) is 23.2 Å². The van der Waals surface area contributed by atoms with E-state index in [0.717, 1.165) is 0 Å². The van der Waals surface area contributed by atoms with E-state index in [2.05, 4.69) is 21.2 Å². The average Bonchev–Trinajstić information content (AvgIpc) is 2.40. The van der Waals surface area contributed by atoms with Gasteiger partial charge in [0.15, 0.2) is 0 Å². The minimum atomic E-state index is -1.05. The third-order valence-electron chi connectivity index (χ3n) is 3.25. The normalized spacial score (nSPS) is 18.2. The summed E-state index contributed by atoms with van der Waals surface area (Å²) in [5, 5.41) is 11.6. The molecule has 1 aliphatic heterocycles. The number of benzene rings is 1. The lowest BCUT2D eigenvalue weighted by Gasteiger charge is -2.36. The molecule has 0 bridgehead atoms. The highest BCUT2D eigenvalue weighted by Gasteiger charge is 2.32. The van der Waals surface area contributed by atoms with Crippen LogP contribution in [-0.2, 0) is 9.59 Å². The standard InChI is InChI=1S/C13H14BrN3O4/c14-9-5-7(1-2-8(9)12(15)20)17-4-3-16-13(21)10(17)6-11(18)19/h1-2,5,10H,3-4,6H2,(H2,15,20)(H,16,21)(H,18,19). The van der Waals surface area contributed by atoms with Crippen LogP contribution >= 0.6 is 15.9 Å². The molecule has 21 heavy (non-hydrogen) atoms. The van der Waals surface area contributed by atoms with Crippen LogP contribution in [0.1, 0.15) is 16.8 Å². The molecule has 1 aromatic carbocycles. The van der Waals surface area contributed by atoms with Crippen LogP contribution in [0.15, 0.2) is 22.7 Å². The van der Waals surface area contributed by atoms with Crippen LogP contribution in [0.5, 0.6) is 0 Å². The van der Waals surface area contributed by atoms with Gasteiger partial charge in [0.05, 0.1) is 12.0 Å². The van der Waals surface area contributed by atoms with Gasteiger partial charge in [-0.05, 0) is 34.1 Å². The Kier molecular flexibility index (Phi) is 4.46. The Bertz CT molecular complexity index is 605. The third-order valence-corrected chi connectivity index (χ3v) is 3.90. The number of amides is 2. The molecule has 0 radical (unpaired) electrons. The molecule has 0 aliphatic carbocycles. The molecule has 1 aliphatic rings. The smallest absolute Gasteiger partial charge is 0.305 e. The molecule has 2 rings (SSSR count). The van der Waals surface area contributed by atoms with E-state index < -0.39 is 17.9 Å². The molecule has 112 valence electrons. The van der Waals surface area contributed by atoms with Gasteiger partial charge in [-0.25, -0.2) is 0 Å². The first-order chi connectivity index (χ1) is 9.90. The molecule has 1 atom stereocenters. The van der Waals surface area contributed by atoms with Crippen molar-refractivity contribution in [2.75, 3.05) is 18.0 Å². The fourth-order valence-electron chi connectivity index (χ4n) is 2.27. The van der Waals surface area contributed by atoms with Crippen molar-refractivity contribution in [2.24, 2.45) is 5.73 Å². The summed E-state index contributed by atoms with van der Waals surface area (Å²) in [6.07, 6.45) is -0.291. The van der Waals surface area contributed by atoms with E-state index in [4.69, 9.17) is 10.8 Å². The topological polar surface area (TPSA) is 113 Å². The number of carbonyl (C=O) groups excluding carboxylic acids is 2. The molecular weight excluding hydrogens is 342 g/mol. The van der Waals surface area contributed by atoms with Gasteiger partial charge in [-0.2, -0.15) is 0 Å². The van der Waals surface area contributed by atoms with E-state index in [9.17, 15) is 14.4 Å². The predicted octanol–water partition coefficient (Wildman–Crippen LogP) is 0.328. The number of aliphatic carboxylic acids is 1. The molecule has 8 heteroatoms. The average molecular weight is 356 g/mol. The summed E-state index contributed by atoms with van der Waals surface area (Å²) >= 11 is 3.26. The third kappa shape index (κ3) is 3.33. The van der Waals surface area contributed by atoms with Crippen molar-refractivity contribution < 1.29 is 19.5 Å². The number of primary amides is 1. The molecule has 1 heterocycles. The maximum absolute atomic E-state index is 11.9. The molecule has 1 fully saturated rings. The number of nitrogens with one attached hydrogen (secondary N) is 1. The lowest BCUT2D eigenvalue weighted by molar-refractivity contribution is -0.139. The lowest BCUT2D eigenvalue weighted by Crippen LogP contribution is -2.56. The second kappa shape index (κ2) is 6.13. The predicted molar refractivity (Wildman–Crippen MR) is 79.1 cm³/mol. The molecular formula is C13H14BrN3O4. The largest absolute Gasteiger partial charge is 0.481 e. The first-order valence-corrected chi connectivity index (χ1v) is 7.05. The van der Waals surface area contributed by atoms with Gasteiger partial charge in [0.1, 0.15) is 6.04 Å². The number of hydrogen-bond acceptors (Lipinski definition) is 4. The first-order valence-electron chi connectivity index (χ1n) is 6.25. The number of rotatable bonds is 4. The van der Waals surface area contributed by atoms with Crippen LogP contribution in [-0.4, -0.2) is 42.0 Å². The van der Waals surface area contributed by atoms with Gasteiger partial charge in [-0.15, -0.1) is 0 Å². The Labute approximate surface area is 129 Å². The van der Waals surface area contributed by atoms with Crippen molar-refractivity contribution in [1.29, 1.82) is 0 Å². The molecule has 1 saturated heterocycles. The van der Waals surface area contributed by atoms with Gasteiger partial charge in [0.25, 0.3) is 0 Å². The highest BCUT2D eigenvalue weighted by molar-refractivity contribution is 9.10. The van der Waals surface area contributed by atoms with E-state index in [1.54, 1.807) is 23.1 Å². The highest BCUT2D eigenvalue weighted by Crippen LogP contribution is 2.27. The van der Waals surface area contributed by atoms with Crippen molar-refractivity contribution in [3.63, 3.8) is 0 Å². The summed E-state index contributed by atoms with van der Waals surface area (Å²) in [7, 11) is 0. The van der Waals surface area contributed by atoms with Crippen LogP contribution < -0.4 is 16.0 Å². The number of piperazine rings is 1. The molecule has 2 amide bonds. The maximum Gasteiger partial charge on any atom is 0.305 e. The van der Waals surface area contributed by atoms with Crippen LogP contribution in [0, 0.1) is 0 Å². The van der Waals surface area contributed by atoms with E-state index in [1.165, 1.54) is 0 Å². The first kappa shape index (κ1) is 15.3. The van der Waals surface area contributed by atoms with E-state index in [-0.39, 0.29) is 12.3 Å². The molecule has 7 nitrogen and oxygen atoms in total. The van der Waals surface area contributed by atoms with E-state index >= 15 is 0 Å². The molecule has 1 unspecified atom stereocenters. The SMILES string of the molecule is NC(=O)c1ccc(N2CCNC(=O)C2CC(=O)O)cc1Br. The fraction of sp³-hybridized carbons (Fsp3) is 0.308. The number of hydrogen-bond donors (Lipinski definition) is 3. The van der Waals surface area contributed by atoms with E-state index in [1.807, 2.05) is 0 Å². The zero-order valence-corrected chi connectivity index (χ0v) is 12.6. The van der Waals surface area contributed by atoms with Gasteiger partial charge in [-0.3, -0.25) is 14.4 Å². The second-order valence-corrected chi connectivity index (χ2v) is 5.48. The number of carbonyl (C=O) groups is 3. The van der Waals surface area contributed by atoms with Gasteiger partial charge >= 0.3 is 5.97 Å². The number of nitrogens with zero attached hydrogens (tertiary/aromatic N) is 1. The fourth-order valence-corrected chi connectivity index (χ4v) is 2.84. The number of anilines is 1. The Hall–Kier alpha value is -2.09. The van der Waals surface area contributed by atoms with Crippen molar-refractivity contribution in [3.05, 3.63) is 28.2 Å².